The predicted molar refractivity (Wildman–Crippen MR) is 65.6 cm³/mol. The van der Waals surface area contributed by atoms with Crippen LogP contribution in [-0.2, 0) is 7.05 Å². The van der Waals surface area contributed by atoms with Crippen molar-refractivity contribution < 1.29 is 0 Å². The first-order chi connectivity index (χ1) is 7.84. The monoisotopic (exact) mass is 223 g/mol. The molecule has 2 heterocycles. The molecule has 0 aliphatic carbocycles. The van der Waals surface area contributed by atoms with Gasteiger partial charge in [0, 0.05) is 39.4 Å². The molecule has 0 unspecified atom stereocenters. The van der Waals surface area contributed by atoms with Gasteiger partial charge in [0.25, 0.3) is 0 Å². The smallest absolute Gasteiger partial charge is 0.0726 e. The molecule has 1 aliphatic heterocycles. The van der Waals surface area contributed by atoms with Crippen LogP contribution < -0.4 is 10.6 Å². The first-order valence-electron chi connectivity index (χ1n) is 6.00. The number of nitrogens with zero attached hydrogens (tertiary/aromatic N) is 3. The lowest BCUT2D eigenvalue weighted by Gasteiger charge is -2.19. The molecule has 5 nitrogen and oxygen atoms in total. The van der Waals surface area contributed by atoms with Crippen LogP contribution in [0.15, 0.2) is 12.4 Å². The molecule has 0 bridgehead atoms. The van der Waals surface area contributed by atoms with Crippen molar-refractivity contribution in [3.05, 3.63) is 12.4 Å². The average Bonchev–Trinajstić information content (AvgIpc) is 2.54. The first kappa shape index (κ1) is 11.4. The van der Waals surface area contributed by atoms with Crippen LogP contribution in [0.3, 0.4) is 0 Å². The van der Waals surface area contributed by atoms with Crippen molar-refractivity contribution in [1.29, 1.82) is 0 Å². The normalized spacial score (nSPS) is 18.3. The summed E-state index contributed by atoms with van der Waals surface area (Å²) in [5.41, 5.74) is 1.11. The highest BCUT2D eigenvalue weighted by atomic mass is 15.3. The zero-order valence-electron chi connectivity index (χ0n) is 9.95. The Bertz CT molecular complexity index is 301. The van der Waals surface area contributed by atoms with Gasteiger partial charge in [-0.05, 0) is 19.5 Å². The van der Waals surface area contributed by atoms with E-state index in [-0.39, 0.29) is 0 Å². The summed E-state index contributed by atoms with van der Waals surface area (Å²) in [4.78, 5) is 2.50. The summed E-state index contributed by atoms with van der Waals surface area (Å²) in [6.45, 7) is 6.75. The van der Waals surface area contributed by atoms with Gasteiger partial charge in [0.15, 0.2) is 0 Å². The van der Waals surface area contributed by atoms with Crippen molar-refractivity contribution in [2.45, 2.75) is 6.42 Å². The van der Waals surface area contributed by atoms with E-state index in [0.29, 0.717) is 0 Å². The number of rotatable bonds is 4. The standard InChI is InChI=1S/C11H21N5/c1-15-10-11(9-14-15)13-5-8-16-6-2-3-12-4-7-16/h9-10,12-13H,2-8H2,1H3. The Balaban J connectivity index is 1.67. The van der Waals surface area contributed by atoms with Gasteiger partial charge >= 0.3 is 0 Å². The van der Waals surface area contributed by atoms with Crippen LogP contribution in [0.2, 0.25) is 0 Å². The average molecular weight is 223 g/mol. The van der Waals surface area contributed by atoms with Gasteiger partial charge in [-0.25, -0.2) is 0 Å². The Morgan fingerprint density at radius 1 is 1.44 bits per heavy atom. The van der Waals surface area contributed by atoms with E-state index in [1.54, 1.807) is 0 Å². The fourth-order valence-corrected chi connectivity index (χ4v) is 2.00. The maximum atomic E-state index is 4.13. The molecule has 0 saturated carbocycles. The van der Waals surface area contributed by atoms with Gasteiger partial charge in [0.05, 0.1) is 11.9 Å². The Kier molecular flexibility index (Phi) is 4.18. The SMILES string of the molecule is Cn1cc(NCCN2CCCNCC2)cn1. The largest absolute Gasteiger partial charge is 0.381 e. The van der Waals surface area contributed by atoms with Gasteiger partial charge < -0.3 is 15.5 Å². The van der Waals surface area contributed by atoms with E-state index in [1.165, 1.54) is 13.0 Å². The molecule has 0 spiro atoms. The zero-order chi connectivity index (χ0) is 11.2. The van der Waals surface area contributed by atoms with E-state index in [4.69, 9.17) is 0 Å². The third-order valence-electron chi connectivity index (χ3n) is 2.89. The van der Waals surface area contributed by atoms with Gasteiger partial charge in [0.2, 0.25) is 0 Å². The highest BCUT2D eigenvalue weighted by molar-refractivity contribution is 5.37. The number of nitrogens with one attached hydrogen (secondary N) is 2. The maximum Gasteiger partial charge on any atom is 0.0726 e. The van der Waals surface area contributed by atoms with Gasteiger partial charge in [-0.15, -0.1) is 0 Å². The third-order valence-corrected chi connectivity index (χ3v) is 2.89. The van der Waals surface area contributed by atoms with E-state index in [1.807, 2.05) is 24.1 Å². The zero-order valence-corrected chi connectivity index (χ0v) is 9.95. The van der Waals surface area contributed by atoms with Crippen molar-refractivity contribution in [1.82, 2.24) is 20.0 Å². The lowest BCUT2D eigenvalue weighted by molar-refractivity contribution is 0.304. The van der Waals surface area contributed by atoms with Crippen LogP contribution in [0, 0.1) is 0 Å². The fourth-order valence-electron chi connectivity index (χ4n) is 2.00. The molecule has 0 radical (unpaired) electrons. The van der Waals surface area contributed by atoms with Crippen molar-refractivity contribution in [3.8, 4) is 0 Å². The molecule has 1 aromatic rings. The van der Waals surface area contributed by atoms with Gasteiger partial charge in [-0.1, -0.05) is 0 Å². The molecule has 1 aliphatic rings. The Labute approximate surface area is 96.8 Å². The van der Waals surface area contributed by atoms with Crippen LogP contribution in [-0.4, -0.2) is 53.9 Å². The second-order valence-electron chi connectivity index (χ2n) is 4.27. The first-order valence-corrected chi connectivity index (χ1v) is 6.00. The molecule has 5 heteroatoms. The highest BCUT2D eigenvalue weighted by Crippen LogP contribution is 2.02. The van der Waals surface area contributed by atoms with Crippen LogP contribution in [0.5, 0.6) is 0 Å². The molecule has 2 rings (SSSR count). The summed E-state index contributed by atoms with van der Waals surface area (Å²) in [5, 5.41) is 10.9. The lowest BCUT2D eigenvalue weighted by atomic mass is 10.4. The number of hydrogen-bond donors (Lipinski definition) is 2. The van der Waals surface area contributed by atoms with Gasteiger partial charge in [-0.3, -0.25) is 4.68 Å². The second kappa shape index (κ2) is 5.86. The molecular weight excluding hydrogens is 202 g/mol. The molecule has 1 aromatic heterocycles. The van der Waals surface area contributed by atoms with E-state index >= 15 is 0 Å². The quantitative estimate of drug-likeness (QED) is 0.761. The summed E-state index contributed by atoms with van der Waals surface area (Å²) in [5.74, 6) is 0. The van der Waals surface area contributed by atoms with Crippen molar-refractivity contribution in [3.63, 3.8) is 0 Å². The third kappa shape index (κ3) is 3.50. The minimum Gasteiger partial charge on any atom is -0.381 e. The van der Waals surface area contributed by atoms with E-state index in [2.05, 4.69) is 20.6 Å². The number of aromatic nitrogens is 2. The fraction of sp³-hybridized carbons (Fsp3) is 0.727. The van der Waals surface area contributed by atoms with E-state index in [0.717, 1.165) is 38.4 Å². The highest BCUT2D eigenvalue weighted by Gasteiger charge is 2.07. The van der Waals surface area contributed by atoms with E-state index in [9.17, 15) is 0 Å². The van der Waals surface area contributed by atoms with Crippen LogP contribution >= 0.6 is 0 Å². The Morgan fingerprint density at radius 3 is 3.19 bits per heavy atom. The number of anilines is 1. The molecular formula is C11H21N5. The van der Waals surface area contributed by atoms with Crippen molar-refractivity contribution in [2.75, 3.05) is 44.6 Å². The van der Waals surface area contributed by atoms with Crippen molar-refractivity contribution in [2.24, 2.45) is 7.05 Å². The summed E-state index contributed by atoms with van der Waals surface area (Å²) in [7, 11) is 1.94. The van der Waals surface area contributed by atoms with E-state index < -0.39 is 0 Å². The summed E-state index contributed by atoms with van der Waals surface area (Å²) in [6.07, 6.45) is 5.13. The Morgan fingerprint density at radius 2 is 2.38 bits per heavy atom. The maximum absolute atomic E-state index is 4.13. The topological polar surface area (TPSA) is 45.1 Å². The van der Waals surface area contributed by atoms with Crippen molar-refractivity contribution >= 4 is 5.69 Å². The molecule has 16 heavy (non-hydrogen) atoms. The molecule has 2 N–H and O–H groups in total. The minimum absolute atomic E-state index is 0.992. The van der Waals surface area contributed by atoms with Gasteiger partial charge in [0.1, 0.15) is 0 Å². The molecule has 0 amide bonds. The summed E-state index contributed by atoms with van der Waals surface area (Å²) < 4.78 is 1.82. The number of aryl methyl sites for hydroxylation is 1. The van der Waals surface area contributed by atoms with Crippen LogP contribution in [0.1, 0.15) is 6.42 Å². The molecule has 0 aromatic carbocycles. The molecule has 0 atom stereocenters. The lowest BCUT2D eigenvalue weighted by Crippen LogP contribution is -2.32. The summed E-state index contributed by atoms with van der Waals surface area (Å²) >= 11 is 0. The summed E-state index contributed by atoms with van der Waals surface area (Å²) in [6, 6.07) is 0. The second-order valence-corrected chi connectivity index (χ2v) is 4.27. The van der Waals surface area contributed by atoms with Crippen LogP contribution in [0.25, 0.3) is 0 Å². The van der Waals surface area contributed by atoms with Gasteiger partial charge in [-0.2, -0.15) is 5.10 Å². The molecule has 90 valence electrons. The minimum atomic E-state index is 0.992. The predicted octanol–water partition coefficient (Wildman–Crippen LogP) is 0.127. The Hall–Kier alpha value is -1.07. The van der Waals surface area contributed by atoms with Crippen LogP contribution in [0.4, 0.5) is 5.69 Å². The molecule has 1 fully saturated rings. The molecule has 1 saturated heterocycles. The number of hydrogen-bond acceptors (Lipinski definition) is 4.